The van der Waals surface area contributed by atoms with Crippen LogP contribution in [0.3, 0.4) is 0 Å². The van der Waals surface area contributed by atoms with Gasteiger partial charge in [0.2, 0.25) is 0 Å². The monoisotopic (exact) mass is 332 g/mol. The molecule has 1 aromatic heterocycles. The molecule has 1 aromatic carbocycles. The molecule has 0 saturated carbocycles. The van der Waals surface area contributed by atoms with Crippen LogP contribution >= 0.6 is 11.3 Å². The van der Waals surface area contributed by atoms with Crippen LogP contribution in [0, 0.1) is 20.8 Å². The van der Waals surface area contributed by atoms with Gasteiger partial charge in [-0.25, -0.2) is 0 Å². The molecule has 0 radical (unpaired) electrons. The van der Waals surface area contributed by atoms with Gasteiger partial charge in [0.05, 0.1) is 5.56 Å². The molecular weight excluding hydrogens is 312 g/mol. The number of ether oxygens (including phenoxy) is 1. The van der Waals surface area contributed by atoms with Crippen LogP contribution in [0.25, 0.3) is 0 Å². The molecule has 23 heavy (non-hydrogen) atoms. The van der Waals surface area contributed by atoms with Gasteiger partial charge in [0.25, 0.3) is 11.8 Å². The molecule has 0 fully saturated rings. The molecule has 2 rings (SSSR count). The molecule has 3 N–H and O–H groups in total. The maximum Gasteiger partial charge on any atom is 0.265 e. The number of carbonyl (C=O) groups is 2. The smallest absolute Gasteiger partial charge is 0.265 e. The third-order valence-corrected chi connectivity index (χ3v) is 4.76. The number of thiophene rings is 1. The quantitative estimate of drug-likeness (QED) is 0.882. The maximum absolute atomic E-state index is 12.3. The van der Waals surface area contributed by atoms with Crippen LogP contribution in [-0.4, -0.2) is 17.9 Å². The minimum atomic E-state index is -0.695. The van der Waals surface area contributed by atoms with Crippen LogP contribution in [0.4, 0.5) is 5.00 Å². The zero-order valence-electron chi connectivity index (χ0n) is 13.6. The molecule has 1 heterocycles. The molecule has 1 atom stereocenters. The van der Waals surface area contributed by atoms with Crippen LogP contribution < -0.4 is 15.8 Å². The SMILES string of the molecule is Cc1ccccc1O[C@H](C)C(=O)Nc1sc(C)c(C)c1C(N)=O. The molecular formula is C17H20N2O3S. The van der Waals surface area contributed by atoms with Gasteiger partial charge >= 0.3 is 0 Å². The molecule has 0 unspecified atom stereocenters. The van der Waals surface area contributed by atoms with Crippen molar-refractivity contribution in [1.29, 1.82) is 0 Å². The molecule has 5 nitrogen and oxygen atoms in total. The predicted molar refractivity (Wildman–Crippen MR) is 92.2 cm³/mol. The van der Waals surface area contributed by atoms with Crippen LogP contribution in [0.15, 0.2) is 24.3 Å². The highest BCUT2D eigenvalue weighted by Crippen LogP contribution is 2.32. The van der Waals surface area contributed by atoms with Gasteiger partial charge < -0.3 is 15.8 Å². The Kier molecular flexibility index (Phi) is 5.05. The van der Waals surface area contributed by atoms with Gasteiger partial charge in [-0.05, 0) is 44.9 Å². The first-order valence-electron chi connectivity index (χ1n) is 7.24. The Morgan fingerprint density at radius 2 is 1.87 bits per heavy atom. The average Bonchev–Trinajstić information content (AvgIpc) is 2.76. The second-order valence-corrected chi connectivity index (χ2v) is 6.59. The van der Waals surface area contributed by atoms with E-state index in [1.807, 2.05) is 45.0 Å². The van der Waals surface area contributed by atoms with Gasteiger partial charge in [-0.15, -0.1) is 11.3 Å². The Labute approximate surface area is 139 Å². The number of amides is 2. The lowest BCUT2D eigenvalue weighted by atomic mass is 10.1. The maximum atomic E-state index is 12.3. The van der Waals surface area contributed by atoms with E-state index in [4.69, 9.17) is 10.5 Å². The molecule has 0 saturated heterocycles. The molecule has 2 amide bonds. The number of hydrogen-bond acceptors (Lipinski definition) is 4. The van der Waals surface area contributed by atoms with Crippen molar-refractivity contribution < 1.29 is 14.3 Å². The Balaban J connectivity index is 2.15. The average molecular weight is 332 g/mol. The molecule has 0 aliphatic heterocycles. The van der Waals surface area contributed by atoms with E-state index in [0.717, 1.165) is 16.0 Å². The van der Waals surface area contributed by atoms with E-state index >= 15 is 0 Å². The lowest BCUT2D eigenvalue weighted by Crippen LogP contribution is -2.30. The zero-order chi connectivity index (χ0) is 17.1. The third-order valence-electron chi connectivity index (χ3n) is 3.64. The van der Waals surface area contributed by atoms with Crippen LogP contribution in [0.5, 0.6) is 5.75 Å². The van der Waals surface area contributed by atoms with Crippen molar-refractivity contribution in [2.75, 3.05) is 5.32 Å². The normalized spacial score (nSPS) is 11.8. The lowest BCUT2D eigenvalue weighted by molar-refractivity contribution is -0.122. The highest BCUT2D eigenvalue weighted by Gasteiger charge is 2.22. The highest BCUT2D eigenvalue weighted by atomic mass is 32.1. The summed E-state index contributed by atoms with van der Waals surface area (Å²) >= 11 is 1.34. The summed E-state index contributed by atoms with van der Waals surface area (Å²) in [5, 5.41) is 3.22. The van der Waals surface area contributed by atoms with Crippen molar-refractivity contribution in [3.05, 3.63) is 45.8 Å². The fourth-order valence-corrected chi connectivity index (χ4v) is 3.23. The summed E-state index contributed by atoms with van der Waals surface area (Å²) in [6, 6.07) is 7.48. The summed E-state index contributed by atoms with van der Waals surface area (Å²) < 4.78 is 5.69. The van der Waals surface area contributed by atoms with E-state index in [9.17, 15) is 9.59 Å². The number of primary amides is 1. The number of carbonyl (C=O) groups excluding carboxylic acids is 2. The Hall–Kier alpha value is -2.34. The third kappa shape index (κ3) is 3.71. The van der Waals surface area contributed by atoms with E-state index in [0.29, 0.717) is 16.3 Å². The van der Waals surface area contributed by atoms with Gasteiger partial charge in [0.1, 0.15) is 10.8 Å². The molecule has 122 valence electrons. The van der Waals surface area contributed by atoms with Crippen molar-refractivity contribution in [2.24, 2.45) is 5.73 Å². The lowest BCUT2D eigenvalue weighted by Gasteiger charge is -2.16. The van der Waals surface area contributed by atoms with Crippen molar-refractivity contribution in [2.45, 2.75) is 33.8 Å². The number of rotatable bonds is 5. The standard InChI is InChI=1S/C17H20N2O3S/c1-9-7-5-6-8-13(9)22-11(3)16(21)19-17-14(15(18)20)10(2)12(4)23-17/h5-8,11H,1-4H3,(H2,18,20)(H,19,21)/t11-/m1/s1. The molecule has 0 aliphatic rings. The Bertz CT molecular complexity index is 752. The number of hydrogen-bond donors (Lipinski definition) is 2. The first-order chi connectivity index (χ1) is 10.8. The second kappa shape index (κ2) is 6.83. The summed E-state index contributed by atoms with van der Waals surface area (Å²) in [5.74, 6) is -0.213. The summed E-state index contributed by atoms with van der Waals surface area (Å²) in [7, 11) is 0. The molecule has 6 heteroatoms. The van der Waals surface area contributed by atoms with Crippen molar-refractivity contribution in [3.8, 4) is 5.75 Å². The minimum absolute atomic E-state index is 0.322. The highest BCUT2D eigenvalue weighted by molar-refractivity contribution is 7.16. The fraction of sp³-hybridized carbons (Fsp3) is 0.294. The number of benzene rings is 1. The number of aryl methyl sites for hydroxylation is 2. The summed E-state index contributed by atoms with van der Waals surface area (Å²) in [4.78, 5) is 24.9. The predicted octanol–water partition coefficient (Wildman–Crippen LogP) is 3.18. The first kappa shape index (κ1) is 17.0. The summed E-state index contributed by atoms with van der Waals surface area (Å²) in [6.07, 6.45) is -0.695. The van der Waals surface area contributed by atoms with Gasteiger partial charge in [0.15, 0.2) is 6.10 Å². The van der Waals surface area contributed by atoms with Crippen molar-refractivity contribution in [1.82, 2.24) is 0 Å². The Morgan fingerprint density at radius 3 is 2.48 bits per heavy atom. The number of nitrogens with two attached hydrogens (primary N) is 1. The minimum Gasteiger partial charge on any atom is -0.481 e. The van der Waals surface area contributed by atoms with Crippen molar-refractivity contribution in [3.63, 3.8) is 0 Å². The van der Waals surface area contributed by atoms with Crippen LogP contribution in [-0.2, 0) is 4.79 Å². The Morgan fingerprint density at radius 1 is 1.22 bits per heavy atom. The van der Waals surface area contributed by atoms with Gasteiger partial charge in [-0.1, -0.05) is 18.2 Å². The van der Waals surface area contributed by atoms with Gasteiger partial charge in [-0.2, -0.15) is 0 Å². The number of para-hydroxylation sites is 1. The summed E-state index contributed by atoms with van der Waals surface area (Å²) in [5.41, 5.74) is 7.52. The molecule has 0 bridgehead atoms. The number of anilines is 1. The molecule has 0 spiro atoms. The molecule has 0 aliphatic carbocycles. The van der Waals surface area contributed by atoms with E-state index in [1.54, 1.807) is 6.92 Å². The van der Waals surface area contributed by atoms with Gasteiger partial charge in [-0.3, -0.25) is 9.59 Å². The molecule has 2 aromatic rings. The van der Waals surface area contributed by atoms with E-state index in [2.05, 4.69) is 5.32 Å². The summed E-state index contributed by atoms with van der Waals surface area (Å²) in [6.45, 7) is 7.28. The van der Waals surface area contributed by atoms with Crippen molar-refractivity contribution >= 4 is 28.2 Å². The topological polar surface area (TPSA) is 81.4 Å². The van der Waals surface area contributed by atoms with Crippen LogP contribution in [0.1, 0.15) is 33.3 Å². The van der Waals surface area contributed by atoms with Crippen LogP contribution in [0.2, 0.25) is 0 Å². The first-order valence-corrected chi connectivity index (χ1v) is 8.05. The number of nitrogens with one attached hydrogen (secondary N) is 1. The van der Waals surface area contributed by atoms with Gasteiger partial charge in [0, 0.05) is 4.88 Å². The van der Waals surface area contributed by atoms with E-state index in [-0.39, 0.29) is 5.91 Å². The largest absolute Gasteiger partial charge is 0.481 e. The van der Waals surface area contributed by atoms with E-state index in [1.165, 1.54) is 11.3 Å². The van der Waals surface area contributed by atoms with E-state index < -0.39 is 12.0 Å². The fourth-order valence-electron chi connectivity index (χ4n) is 2.16. The second-order valence-electron chi connectivity index (χ2n) is 5.37. The zero-order valence-corrected chi connectivity index (χ0v) is 14.4.